The van der Waals surface area contributed by atoms with Crippen molar-refractivity contribution in [3.8, 4) is 0 Å². The number of hydrogen-bond acceptors (Lipinski definition) is 3. The molecule has 7 heteroatoms. The maximum atomic E-state index is 13.5. The van der Waals surface area contributed by atoms with E-state index in [0.29, 0.717) is 16.3 Å². The smallest absolute Gasteiger partial charge is 0.264 e. The number of nitrogens with one attached hydrogen (secondary N) is 1. The molecule has 0 saturated heterocycles. The Hall–Kier alpha value is -2.83. The van der Waals surface area contributed by atoms with E-state index in [1.165, 1.54) is 12.1 Å². The Kier molecular flexibility index (Phi) is 7.26. The van der Waals surface area contributed by atoms with E-state index in [9.17, 15) is 13.2 Å². The second kappa shape index (κ2) is 9.76. The van der Waals surface area contributed by atoms with E-state index < -0.39 is 15.9 Å². The molecule has 0 aliphatic carbocycles. The summed E-state index contributed by atoms with van der Waals surface area (Å²) in [4.78, 5) is 13.1. The average Bonchev–Trinajstić information content (AvgIpc) is 2.76. The van der Waals surface area contributed by atoms with Gasteiger partial charge >= 0.3 is 0 Å². The monoisotopic (exact) mass is 470 g/mol. The molecule has 3 aromatic rings. The van der Waals surface area contributed by atoms with Crippen LogP contribution in [0.1, 0.15) is 35.2 Å². The fourth-order valence-electron chi connectivity index (χ4n) is 3.59. The summed E-state index contributed by atoms with van der Waals surface area (Å²) in [6.45, 7) is 7.29. The van der Waals surface area contributed by atoms with Crippen LogP contribution >= 0.6 is 11.6 Å². The number of carbonyl (C=O) groups is 1. The minimum absolute atomic E-state index is 0.106. The SMILES string of the molecule is Cc1ccc(C)c(C(C)NC(=O)CN(c2cc(Cl)ccc2C)S(=O)(=O)c2ccccc2)c1. The van der Waals surface area contributed by atoms with Gasteiger partial charge in [0.25, 0.3) is 10.0 Å². The number of nitrogens with zero attached hydrogens (tertiary/aromatic N) is 1. The molecular formula is C25H27ClN2O3S. The number of halogens is 1. The van der Waals surface area contributed by atoms with Gasteiger partial charge in [0, 0.05) is 5.02 Å². The highest BCUT2D eigenvalue weighted by Crippen LogP contribution is 2.29. The van der Waals surface area contributed by atoms with Gasteiger partial charge in [0.05, 0.1) is 16.6 Å². The molecular weight excluding hydrogens is 444 g/mol. The maximum absolute atomic E-state index is 13.5. The van der Waals surface area contributed by atoms with E-state index in [1.54, 1.807) is 43.3 Å². The molecule has 32 heavy (non-hydrogen) atoms. The Morgan fingerprint density at radius 2 is 1.62 bits per heavy atom. The van der Waals surface area contributed by atoms with Crippen LogP contribution in [0, 0.1) is 20.8 Å². The summed E-state index contributed by atoms with van der Waals surface area (Å²) in [7, 11) is -3.99. The Morgan fingerprint density at radius 3 is 2.31 bits per heavy atom. The van der Waals surface area contributed by atoms with E-state index in [4.69, 9.17) is 11.6 Å². The van der Waals surface area contributed by atoms with Gasteiger partial charge in [-0.3, -0.25) is 9.10 Å². The normalized spacial score (nSPS) is 12.3. The first-order valence-electron chi connectivity index (χ1n) is 10.3. The number of benzene rings is 3. The van der Waals surface area contributed by atoms with Crippen LogP contribution in [0.5, 0.6) is 0 Å². The zero-order chi connectivity index (χ0) is 23.5. The molecule has 0 saturated carbocycles. The fourth-order valence-corrected chi connectivity index (χ4v) is 5.26. The van der Waals surface area contributed by atoms with E-state index in [-0.39, 0.29) is 17.5 Å². The summed E-state index contributed by atoms with van der Waals surface area (Å²) in [5, 5.41) is 3.34. The largest absolute Gasteiger partial charge is 0.348 e. The predicted molar refractivity (Wildman–Crippen MR) is 130 cm³/mol. The zero-order valence-corrected chi connectivity index (χ0v) is 20.2. The molecule has 1 unspecified atom stereocenters. The van der Waals surface area contributed by atoms with Crippen molar-refractivity contribution in [2.24, 2.45) is 0 Å². The Balaban J connectivity index is 1.95. The molecule has 0 aliphatic heterocycles. The minimum atomic E-state index is -3.99. The highest BCUT2D eigenvalue weighted by atomic mass is 35.5. The third-order valence-electron chi connectivity index (χ3n) is 5.34. The number of amides is 1. The van der Waals surface area contributed by atoms with Gasteiger partial charge in [0.2, 0.25) is 5.91 Å². The van der Waals surface area contributed by atoms with Crippen LogP contribution < -0.4 is 9.62 Å². The van der Waals surface area contributed by atoms with Crippen LogP contribution in [0.15, 0.2) is 71.6 Å². The Bertz CT molecular complexity index is 1230. The van der Waals surface area contributed by atoms with Gasteiger partial charge in [-0.15, -0.1) is 0 Å². The number of carbonyl (C=O) groups excluding carboxylic acids is 1. The number of anilines is 1. The van der Waals surface area contributed by atoms with Crippen molar-refractivity contribution < 1.29 is 13.2 Å². The van der Waals surface area contributed by atoms with Gasteiger partial charge in [0.1, 0.15) is 6.54 Å². The van der Waals surface area contributed by atoms with Crippen molar-refractivity contribution in [2.45, 2.75) is 38.6 Å². The minimum Gasteiger partial charge on any atom is -0.348 e. The van der Waals surface area contributed by atoms with Crippen LogP contribution in [0.3, 0.4) is 0 Å². The molecule has 0 aliphatic rings. The first kappa shape index (κ1) is 23.8. The molecule has 1 atom stereocenters. The van der Waals surface area contributed by atoms with Crippen molar-refractivity contribution >= 4 is 33.2 Å². The number of aryl methyl sites for hydroxylation is 3. The molecule has 3 rings (SSSR count). The van der Waals surface area contributed by atoms with E-state index in [0.717, 1.165) is 21.0 Å². The van der Waals surface area contributed by atoms with Gasteiger partial charge < -0.3 is 5.32 Å². The lowest BCUT2D eigenvalue weighted by Crippen LogP contribution is -2.42. The van der Waals surface area contributed by atoms with Crippen LogP contribution in [-0.4, -0.2) is 20.9 Å². The van der Waals surface area contributed by atoms with Gasteiger partial charge in [-0.2, -0.15) is 0 Å². The molecule has 0 fully saturated rings. The first-order valence-corrected chi connectivity index (χ1v) is 12.1. The summed E-state index contributed by atoms with van der Waals surface area (Å²) < 4.78 is 28.1. The maximum Gasteiger partial charge on any atom is 0.264 e. The zero-order valence-electron chi connectivity index (χ0n) is 18.6. The molecule has 0 heterocycles. The van der Waals surface area contributed by atoms with Crippen molar-refractivity contribution in [2.75, 3.05) is 10.8 Å². The molecule has 1 amide bonds. The van der Waals surface area contributed by atoms with Crippen LogP contribution in [0.25, 0.3) is 0 Å². The molecule has 0 bridgehead atoms. The standard InChI is InChI=1S/C25H27ClN2O3S/c1-17-10-11-18(2)23(14-17)20(4)27-25(29)16-28(24-15-21(26)13-12-19(24)3)32(30,31)22-8-6-5-7-9-22/h5-15,20H,16H2,1-4H3,(H,27,29). The predicted octanol–water partition coefficient (Wildman–Crippen LogP) is 5.34. The Labute approximate surface area is 195 Å². The molecule has 5 nitrogen and oxygen atoms in total. The highest BCUT2D eigenvalue weighted by Gasteiger charge is 2.29. The van der Waals surface area contributed by atoms with Gasteiger partial charge in [-0.1, -0.05) is 59.6 Å². The molecule has 0 radical (unpaired) electrons. The summed E-state index contributed by atoms with van der Waals surface area (Å²) in [6, 6.07) is 18.8. The quantitative estimate of drug-likeness (QED) is 0.507. The molecule has 168 valence electrons. The highest BCUT2D eigenvalue weighted by molar-refractivity contribution is 7.92. The summed E-state index contributed by atoms with van der Waals surface area (Å²) >= 11 is 6.17. The third kappa shape index (κ3) is 5.31. The van der Waals surface area contributed by atoms with Crippen molar-refractivity contribution in [3.05, 3.63) is 94.0 Å². The summed E-state index contributed by atoms with van der Waals surface area (Å²) in [5.74, 6) is -0.405. The van der Waals surface area contributed by atoms with E-state index >= 15 is 0 Å². The van der Waals surface area contributed by atoms with Crippen molar-refractivity contribution in [1.29, 1.82) is 0 Å². The van der Waals surface area contributed by atoms with Crippen molar-refractivity contribution in [1.82, 2.24) is 5.32 Å². The van der Waals surface area contributed by atoms with Gasteiger partial charge in [-0.05, 0) is 68.7 Å². The van der Waals surface area contributed by atoms with Gasteiger partial charge in [-0.25, -0.2) is 8.42 Å². The van der Waals surface area contributed by atoms with Gasteiger partial charge in [0.15, 0.2) is 0 Å². The fraction of sp³-hybridized carbons (Fsp3) is 0.240. The molecule has 1 N–H and O–H groups in total. The topological polar surface area (TPSA) is 66.5 Å². The lowest BCUT2D eigenvalue weighted by atomic mass is 10.00. The molecule has 0 spiro atoms. The van der Waals surface area contributed by atoms with Crippen LogP contribution in [-0.2, 0) is 14.8 Å². The second-order valence-corrected chi connectivity index (χ2v) is 10.2. The number of hydrogen-bond donors (Lipinski definition) is 1. The number of rotatable bonds is 7. The number of sulfonamides is 1. The van der Waals surface area contributed by atoms with E-state index in [2.05, 4.69) is 5.32 Å². The second-order valence-electron chi connectivity index (χ2n) is 7.90. The third-order valence-corrected chi connectivity index (χ3v) is 7.35. The van der Waals surface area contributed by atoms with Crippen LogP contribution in [0.2, 0.25) is 5.02 Å². The lowest BCUT2D eigenvalue weighted by Gasteiger charge is -2.27. The summed E-state index contributed by atoms with van der Waals surface area (Å²) in [6.07, 6.45) is 0. The molecule has 0 aromatic heterocycles. The summed E-state index contributed by atoms with van der Waals surface area (Å²) in [5.41, 5.74) is 4.22. The molecule has 3 aromatic carbocycles. The Morgan fingerprint density at radius 1 is 0.969 bits per heavy atom. The first-order chi connectivity index (χ1) is 15.1. The average molecular weight is 471 g/mol. The van der Waals surface area contributed by atoms with E-state index in [1.807, 2.05) is 39.0 Å². The lowest BCUT2D eigenvalue weighted by molar-refractivity contribution is -0.120. The van der Waals surface area contributed by atoms with Crippen molar-refractivity contribution in [3.63, 3.8) is 0 Å². The van der Waals surface area contributed by atoms with Crippen LogP contribution in [0.4, 0.5) is 5.69 Å².